The lowest BCUT2D eigenvalue weighted by molar-refractivity contribution is 0.199. The highest BCUT2D eigenvalue weighted by molar-refractivity contribution is 5.44. The number of phenolic OH excluding ortho intramolecular Hbond substituents is 1. The molecule has 2 rings (SSSR count). The van der Waals surface area contributed by atoms with Gasteiger partial charge >= 0.3 is 0 Å². The third-order valence-corrected chi connectivity index (χ3v) is 5.96. The van der Waals surface area contributed by atoms with Gasteiger partial charge in [-0.1, -0.05) is 77.1 Å². The molecule has 27 heavy (non-hydrogen) atoms. The highest BCUT2D eigenvalue weighted by Gasteiger charge is 2.36. The molecule has 0 radical (unpaired) electrons. The number of hydrogen-bond donors (Lipinski definition) is 3. The van der Waals surface area contributed by atoms with Gasteiger partial charge in [-0.25, -0.2) is 0 Å². The molecule has 0 saturated heterocycles. The number of aromatic hydroxyl groups is 1. The van der Waals surface area contributed by atoms with Gasteiger partial charge < -0.3 is 16.2 Å². The molecule has 0 amide bonds. The molecule has 0 heterocycles. The predicted molar refractivity (Wildman–Crippen MR) is 115 cm³/mol. The van der Waals surface area contributed by atoms with Crippen LogP contribution in [0, 0.1) is 11.8 Å². The second kappa shape index (κ2) is 9.38. The number of rotatable bonds is 9. The number of nitrogens with one attached hydrogen (secondary N) is 1. The van der Waals surface area contributed by atoms with E-state index in [-0.39, 0.29) is 11.5 Å². The van der Waals surface area contributed by atoms with Crippen molar-refractivity contribution in [1.82, 2.24) is 5.32 Å². The third kappa shape index (κ3) is 5.12. The van der Waals surface area contributed by atoms with Crippen molar-refractivity contribution in [2.75, 3.05) is 6.54 Å². The molecule has 0 aliphatic heterocycles. The summed E-state index contributed by atoms with van der Waals surface area (Å²) < 4.78 is 0. The molecule has 0 aliphatic rings. The van der Waals surface area contributed by atoms with Gasteiger partial charge in [0.25, 0.3) is 0 Å². The summed E-state index contributed by atoms with van der Waals surface area (Å²) in [5, 5.41) is 14.1. The molecule has 148 valence electrons. The average molecular weight is 369 g/mol. The Morgan fingerprint density at radius 3 is 2.19 bits per heavy atom. The first-order chi connectivity index (χ1) is 12.8. The minimum absolute atomic E-state index is 0.0579. The SMILES string of the molecule is CCNCc1ccc(O)c(C(CC(N)(C(C)C)C(C)C)c2ccccc2)c1. The summed E-state index contributed by atoms with van der Waals surface area (Å²) in [5.74, 6) is 1.09. The number of benzene rings is 2. The van der Waals surface area contributed by atoms with Gasteiger partial charge in [-0.15, -0.1) is 0 Å². The smallest absolute Gasteiger partial charge is 0.119 e. The lowest BCUT2D eigenvalue weighted by Gasteiger charge is -2.41. The third-order valence-electron chi connectivity index (χ3n) is 5.96. The van der Waals surface area contributed by atoms with E-state index in [2.05, 4.69) is 70.3 Å². The summed E-state index contributed by atoms with van der Waals surface area (Å²) in [6, 6.07) is 16.4. The van der Waals surface area contributed by atoms with Crippen molar-refractivity contribution < 1.29 is 5.11 Å². The van der Waals surface area contributed by atoms with Crippen LogP contribution in [0.3, 0.4) is 0 Å². The molecule has 0 spiro atoms. The molecule has 3 heteroatoms. The van der Waals surface area contributed by atoms with E-state index < -0.39 is 0 Å². The standard InChI is InChI=1S/C24H36N2O/c1-6-26-16-19-12-13-23(27)21(14-19)22(20-10-8-7-9-11-20)15-24(25,17(2)3)18(4)5/h7-14,17-18,22,26-27H,6,15-16,25H2,1-5H3. The normalized spacial score (nSPS) is 13.3. The second-order valence-electron chi connectivity index (χ2n) is 8.26. The van der Waals surface area contributed by atoms with Crippen molar-refractivity contribution in [3.8, 4) is 5.75 Å². The molecule has 0 saturated carbocycles. The molecule has 3 nitrogen and oxygen atoms in total. The monoisotopic (exact) mass is 368 g/mol. The van der Waals surface area contributed by atoms with Gasteiger partial charge in [0.05, 0.1) is 0 Å². The fourth-order valence-electron chi connectivity index (χ4n) is 3.85. The molecule has 2 aromatic carbocycles. The fourth-order valence-corrected chi connectivity index (χ4v) is 3.85. The maximum Gasteiger partial charge on any atom is 0.119 e. The quantitative estimate of drug-likeness (QED) is 0.581. The maximum absolute atomic E-state index is 10.7. The van der Waals surface area contributed by atoms with E-state index in [1.165, 1.54) is 11.1 Å². The van der Waals surface area contributed by atoms with E-state index in [4.69, 9.17) is 5.73 Å². The van der Waals surface area contributed by atoms with Crippen molar-refractivity contribution >= 4 is 0 Å². The zero-order valence-corrected chi connectivity index (χ0v) is 17.5. The Balaban J connectivity index is 2.51. The molecule has 1 unspecified atom stereocenters. The van der Waals surface area contributed by atoms with Gasteiger partial charge in [0.15, 0.2) is 0 Å². The van der Waals surface area contributed by atoms with Crippen LogP contribution in [0.1, 0.15) is 63.6 Å². The first-order valence-electron chi connectivity index (χ1n) is 10.2. The number of nitrogens with two attached hydrogens (primary N) is 1. The molecule has 0 bridgehead atoms. The summed E-state index contributed by atoms with van der Waals surface area (Å²) in [7, 11) is 0. The van der Waals surface area contributed by atoms with Crippen LogP contribution in [0.2, 0.25) is 0 Å². The van der Waals surface area contributed by atoms with E-state index in [0.717, 1.165) is 25.1 Å². The number of hydrogen-bond acceptors (Lipinski definition) is 3. The van der Waals surface area contributed by atoms with Crippen LogP contribution in [0.25, 0.3) is 0 Å². The highest BCUT2D eigenvalue weighted by Crippen LogP contribution is 2.41. The molecule has 4 N–H and O–H groups in total. The van der Waals surface area contributed by atoms with E-state index in [1.54, 1.807) is 0 Å². The van der Waals surface area contributed by atoms with Crippen molar-refractivity contribution in [2.45, 2.75) is 59.0 Å². The molecule has 1 atom stereocenters. The molecular formula is C24H36N2O. The number of phenols is 1. The van der Waals surface area contributed by atoms with Gasteiger partial charge in [-0.2, -0.15) is 0 Å². The highest BCUT2D eigenvalue weighted by atomic mass is 16.3. The van der Waals surface area contributed by atoms with Crippen molar-refractivity contribution in [1.29, 1.82) is 0 Å². The summed E-state index contributed by atoms with van der Waals surface area (Å²) in [4.78, 5) is 0. The lowest BCUT2D eigenvalue weighted by Crippen LogP contribution is -2.51. The Morgan fingerprint density at radius 2 is 1.63 bits per heavy atom. The second-order valence-corrected chi connectivity index (χ2v) is 8.26. The minimum atomic E-state index is -0.315. The predicted octanol–water partition coefficient (Wildman–Crippen LogP) is 5.03. The Bertz CT molecular complexity index is 702. The van der Waals surface area contributed by atoms with E-state index in [0.29, 0.717) is 17.6 Å². The Kier molecular flexibility index (Phi) is 7.46. The zero-order valence-electron chi connectivity index (χ0n) is 17.5. The van der Waals surface area contributed by atoms with Gasteiger partial charge in [0.1, 0.15) is 5.75 Å². The van der Waals surface area contributed by atoms with Crippen molar-refractivity contribution in [3.05, 3.63) is 65.2 Å². The molecule has 0 aliphatic carbocycles. The summed E-state index contributed by atoms with van der Waals surface area (Å²) in [5.41, 5.74) is 9.97. The van der Waals surface area contributed by atoms with Gasteiger partial charge in [0.2, 0.25) is 0 Å². The van der Waals surface area contributed by atoms with Crippen LogP contribution in [0.4, 0.5) is 0 Å². The van der Waals surface area contributed by atoms with Crippen LogP contribution in [-0.4, -0.2) is 17.2 Å². The molecule has 0 fully saturated rings. The first-order valence-corrected chi connectivity index (χ1v) is 10.2. The average Bonchev–Trinajstić information content (AvgIpc) is 2.65. The molecule has 0 aromatic heterocycles. The van der Waals surface area contributed by atoms with Crippen LogP contribution in [-0.2, 0) is 6.54 Å². The Morgan fingerprint density at radius 1 is 1.00 bits per heavy atom. The van der Waals surface area contributed by atoms with Crippen molar-refractivity contribution in [3.63, 3.8) is 0 Å². The van der Waals surface area contributed by atoms with Gasteiger partial charge in [0, 0.05) is 23.6 Å². The first kappa shape index (κ1) is 21.5. The zero-order chi connectivity index (χ0) is 20.0. The van der Waals surface area contributed by atoms with Crippen LogP contribution in [0.15, 0.2) is 48.5 Å². The van der Waals surface area contributed by atoms with Crippen LogP contribution in [0.5, 0.6) is 5.75 Å². The van der Waals surface area contributed by atoms with Gasteiger partial charge in [-0.05, 0) is 42.0 Å². The van der Waals surface area contributed by atoms with Crippen LogP contribution < -0.4 is 11.1 Å². The van der Waals surface area contributed by atoms with E-state index in [1.807, 2.05) is 18.2 Å². The van der Waals surface area contributed by atoms with Gasteiger partial charge in [-0.3, -0.25) is 0 Å². The molecular weight excluding hydrogens is 332 g/mol. The minimum Gasteiger partial charge on any atom is -0.508 e. The van der Waals surface area contributed by atoms with Crippen LogP contribution >= 0.6 is 0 Å². The van der Waals surface area contributed by atoms with Crippen molar-refractivity contribution in [2.24, 2.45) is 17.6 Å². The topological polar surface area (TPSA) is 58.3 Å². The summed E-state index contributed by atoms with van der Waals surface area (Å²) in [6.45, 7) is 12.6. The fraction of sp³-hybridized carbons (Fsp3) is 0.500. The lowest BCUT2D eigenvalue weighted by atomic mass is 9.69. The summed E-state index contributed by atoms with van der Waals surface area (Å²) in [6.07, 6.45) is 0.796. The maximum atomic E-state index is 10.7. The summed E-state index contributed by atoms with van der Waals surface area (Å²) >= 11 is 0. The molecule has 2 aromatic rings. The van der Waals surface area contributed by atoms with E-state index >= 15 is 0 Å². The largest absolute Gasteiger partial charge is 0.508 e. The Hall–Kier alpha value is -1.84. The Labute approximate surface area is 165 Å². The van der Waals surface area contributed by atoms with E-state index in [9.17, 15) is 5.11 Å².